The Bertz CT molecular complexity index is 1570. The fourth-order valence-corrected chi connectivity index (χ4v) is 6.06. The molecule has 14 heteroatoms. The molecule has 1 saturated heterocycles. The monoisotopic (exact) mass is 682 g/mol. The van der Waals surface area contributed by atoms with E-state index in [1.54, 1.807) is 0 Å². The van der Waals surface area contributed by atoms with Crippen molar-refractivity contribution in [2.45, 2.75) is 11.4 Å². The van der Waals surface area contributed by atoms with Crippen molar-refractivity contribution in [3.8, 4) is 11.5 Å². The van der Waals surface area contributed by atoms with E-state index in [-0.39, 0.29) is 38.0 Å². The molecule has 0 aromatic heterocycles. The number of nitro groups is 1. The Labute approximate surface area is 238 Å². The summed E-state index contributed by atoms with van der Waals surface area (Å²) < 4.78 is 37.2. The first-order valence-electron chi connectivity index (χ1n) is 10.5. The second kappa shape index (κ2) is 11.3. The molecule has 0 atom stereocenters. The van der Waals surface area contributed by atoms with E-state index >= 15 is 0 Å². The molecule has 2 amide bonds. The summed E-state index contributed by atoms with van der Waals surface area (Å²) in [4.78, 5) is 36.7. The number of carbonyl (C=O) groups is 2. The zero-order valence-electron chi connectivity index (χ0n) is 19.3. The van der Waals surface area contributed by atoms with E-state index in [9.17, 15) is 28.1 Å². The summed E-state index contributed by atoms with van der Waals surface area (Å²) in [6, 6.07) is 14.4. The lowest BCUT2D eigenvalue weighted by atomic mass is 10.1. The summed E-state index contributed by atoms with van der Waals surface area (Å²) in [6.07, 6.45) is 1.49. The molecule has 196 valence electrons. The second-order valence-corrected chi connectivity index (χ2v) is 12.0. The van der Waals surface area contributed by atoms with Crippen LogP contribution in [0.15, 0.2) is 79.4 Å². The molecule has 10 nitrogen and oxygen atoms in total. The average molecular weight is 684 g/mol. The van der Waals surface area contributed by atoms with Crippen LogP contribution in [0.5, 0.6) is 11.5 Å². The van der Waals surface area contributed by atoms with E-state index in [0.29, 0.717) is 5.56 Å². The summed E-state index contributed by atoms with van der Waals surface area (Å²) in [5, 5.41) is 10.4. The van der Waals surface area contributed by atoms with Crippen molar-refractivity contribution in [2.75, 3.05) is 7.11 Å². The minimum absolute atomic E-state index is 0.0326. The van der Waals surface area contributed by atoms with Gasteiger partial charge < -0.3 is 8.92 Å². The third kappa shape index (κ3) is 6.09. The van der Waals surface area contributed by atoms with Gasteiger partial charge in [-0.2, -0.15) is 8.42 Å². The van der Waals surface area contributed by atoms with E-state index < -0.39 is 26.2 Å². The number of ether oxygens (including phenoxy) is 1. The van der Waals surface area contributed by atoms with E-state index in [4.69, 9.17) is 8.92 Å². The maximum atomic E-state index is 12.9. The quantitative estimate of drug-likeness (QED) is 0.119. The summed E-state index contributed by atoms with van der Waals surface area (Å²) in [5.74, 6) is -0.587. The normalized spacial score (nSPS) is 14.7. The van der Waals surface area contributed by atoms with Gasteiger partial charge in [0, 0.05) is 16.6 Å². The number of halogens is 2. The van der Waals surface area contributed by atoms with Crippen LogP contribution in [0.25, 0.3) is 6.08 Å². The number of hydrogen-bond acceptors (Lipinski definition) is 9. The van der Waals surface area contributed by atoms with Crippen molar-refractivity contribution < 1.29 is 31.9 Å². The lowest BCUT2D eigenvalue weighted by Crippen LogP contribution is -2.27. The number of carbonyl (C=O) groups excluding carboxylic acids is 2. The van der Waals surface area contributed by atoms with E-state index in [0.717, 1.165) is 51.0 Å². The molecule has 0 aliphatic carbocycles. The van der Waals surface area contributed by atoms with Gasteiger partial charge in [-0.15, -0.1) is 0 Å². The highest BCUT2D eigenvalue weighted by Crippen LogP contribution is 2.40. The van der Waals surface area contributed by atoms with Gasteiger partial charge in [-0.05, 0) is 81.3 Å². The number of non-ortho nitro benzene ring substituents is 1. The molecule has 0 saturated carbocycles. The molecule has 1 aliphatic heterocycles. The van der Waals surface area contributed by atoms with E-state index in [1.807, 2.05) is 24.3 Å². The first-order valence-corrected chi connectivity index (χ1v) is 14.4. The molecule has 0 N–H and O–H groups in total. The fourth-order valence-electron chi connectivity index (χ4n) is 3.36. The summed E-state index contributed by atoms with van der Waals surface area (Å²) >= 11 is 7.41. The van der Waals surface area contributed by atoms with Gasteiger partial charge in [-0.25, -0.2) is 0 Å². The Balaban J connectivity index is 1.58. The third-order valence-corrected chi connectivity index (χ3v) is 8.47. The van der Waals surface area contributed by atoms with Crippen LogP contribution < -0.4 is 8.92 Å². The lowest BCUT2D eigenvalue weighted by Gasteiger charge is -2.14. The molecular formula is C24H16Br2N2O8S2. The van der Waals surface area contributed by atoms with Crippen molar-refractivity contribution in [2.24, 2.45) is 0 Å². The average Bonchev–Trinajstić information content (AvgIpc) is 3.13. The Kier molecular flexibility index (Phi) is 8.25. The van der Waals surface area contributed by atoms with Crippen LogP contribution in [0, 0.1) is 10.1 Å². The highest BCUT2D eigenvalue weighted by Gasteiger charge is 2.35. The van der Waals surface area contributed by atoms with Gasteiger partial charge in [-0.3, -0.25) is 24.6 Å². The summed E-state index contributed by atoms with van der Waals surface area (Å²) in [7, 11) is -3.05. The third-order valence-electron chi connectivity index (χ3n) is 5.21. The SMILES string of the molecule is COc1cc(/C=C2\SC(=O)N(Cc3ccc(Br)cc3)C2=O)cc(Br)c1OS(=O)(=O)c1ccc([N+](=O)[O-])cc1. The first-order chi connectivity index (χ1) is 18.0. The number of hydrogen-bond donors (Lipinski definition) is 0. The smallest absolute Gasteiger partial charge is 0.339 e. The van der Waals surface area contributed by atoms with Gasteiger partial charge in [0.2, 0.25) is 0 Å². The standard InChI is InChI=1S/C24H16Br2N2O8S2/c1-35-20-11-15(12-21-23(29)27(24(30)37-21)13-14-2-4-16(25)5-3-14)10-19(26)22(20)36-38(33,34)18-8-6-17(7-9-18)28(31)32/h2-12H,13H2,1H3/b21-12-. The largest absolute Gasteiger partial charge is 0.493 e. The van der Waals surface area contributed by atoms with Gasteiger partial charge in [0.15, 0.2) is 11.5 Å². The summed E-state index contributed by atoms with van der Waals surface area (Å²) in [5.41, 5.74) is 0.966. The number of benzene rings is 3. The predicted octanol–water partition coefficient (Wildman–Crippen LogP) is 6.13. The highest BCUT2D eigenvalue weighted by atomic mass is 79.9. The van der Waals surface area contributed by atoms with Crippen molar-refractivity contribution >= 4 is 76.6 Å². The Morgan fingerprint density at radius 3 is 2.32 bits per heavy atom. The van der Waals surface area contributed by atoms with Crippen LogP contribution in [0.3, 0.4) is 0 Å². The van der Waals surface area contributed by atoms with Crippen LogP contribution in [-0.4, -0.2) is 36.5 Å². The van der Waals surface area contributed by atoms with Crippen molar-refractivity contribution in [3.05, 3.63) is 95.8 Å². The molecule has 4 rings (SSSR count). The molecule has 0 spiro atoms. The number of thioether (sulfide) groups is 1. The zero-order chi connectivity index (χ0) is 27.6. The molecule has 3 aromatic carbocycles. The molecule has 3 aromatic rings. The van der Waals surface area contributed by atoms with Crippen LogP contribution >= 0.6 is 43.6 Å². The van der Waals surface area contributed by atoms with Gasteiger partial charge in [-0.1, -0.05) is 28.1 Å². The number of amides is 2. The minimum Gasteiger partial charge on any atom is -0.493 e. The van der Waals surface area contributed by atoms with Crippen molar-refractivity contribution in [1.82, 2.24) is 4.90 Å². The first kappa shape index (κ1) is 27.8. The zero-order valence-corrected chi connectivity index (χ0v) is 24.1. The van der Waals surface area contributed by atoms with Crippen molar-refractivity contribution in [3.63, 3.8) is 0 Å². The van der Waals surface area contributed by atoms with E-state index in [1.165, 1.54) is 25.3 Å². The van der Waals surface area contributed by atoms with E-state index in [2.05, 4.69) is 31.9 Å². The molecule has 0 bridgehead atoms. The predicted molar refractivity (Wildman–Crippen MR) is 147 cm³/mol. The highest BCUT2D eigenvalue weighted by molar-refractivity contribution is 9.10. The Hall–Kier alpha value is -3.20. The molecule has 0 unspecified atom stereocenters. The molecule has 1 aliphatic rings. The molecular weight excluding hydrogens is 668 g/mol. The molecule has 0 radical (unpaired) electrons. The number of methoxy groups -OCH3 is 1. The molecule has 1 heterocycles. The van der Waals surface area contributed by atoms with Crippen LogP contribution in [0.2, 0.25) is 0 Å². The number of rotatable bonds is 8. The second-order valence-electron chi connectivity index (χ2n) is 7.72. The van der Waals surface area contributed by atoms with Crippen LogP contribution in [0.1, 0.15) is 11.1 Å². The Morgan fingerprint density at radius 1 is 1.05 bits per heavy atom. The van der Waals surface area contributed by atoms with Gasteiger partial charge >= 0.3 is 10.1 Å². The van der Waals surface area contributed by atoms with Gasteiger partial charge in [0.25, 0.3) is 16.8 Å². The topological polar surface area (TPSA) is 133 Å². The Morgan fingerprint density at radius 2 is 1.71 bits per heavy atom. The fraction of sp³-hybridized carbons (Fsp3) is 0.0833. The number of nitrogens with zero attached hydrogens (tertiary/aromatic N) is 2. The number of nitro benzene ring substituents is 1. The maximum absolute atomic E-state index is 12.9. The van der Waals surface area contributed by atoms with Gasteiger partial charge in [0.05, 0.1) is 28.0 Å². The summed E-state index contributed by atoms with van der Waals surface area (Å²) in [6.45, 7) is 0.121. The minimum atomic E-state index is -4.36. The maximum Gasteiger partial charge on any atom is 0.339 e. The lowest BCUT2D eigenvalue weighted by molar-refractivity contribution is -0.384. The van der Waals surface area contributed by atoms with Gasteiger partial charge in [0.1, 0.15) is 4.90 Å². The number of imide groups is 1. The van der Waals surface area contributed by atoms with Crippen LogP contribution in [-0.2, 0) is 21.5 Å². The molecule has 1 fully saturated rings. The van der Waals surface area contributed by atoms with Crippen LogP contribution in [0.4, 0.5) is 10.5 Å². The van der Waals surface area contributed by atoms with Crippen molar-refractivity contribution in [1.29, 1.82) is 0 Å². The molecule has 38 heavy (non-hydrogen) atoms.